The van der Waals surface area contributed by atoms with Gasteiger partial charge in [-0.25, -0.2) is 0 Å². The van der Waals surface area contributed by atoms with Crippen LogP contribution in [0.5, 0.6) is 5.75 Å². The number of pyridine rings is 1. The van der Waals surface area contributed by atoms with Gasteiger partial charge in [0.2, 0.25) is 0 Å². The number of rotatable bonds is 4. The summed E-state index contributed by atoms with van der Waals surface area (Å²) >= 11 is 6.38. The molecule has 2 aliphatic rings. The van der Waals surface area contributed by atoms with Gasteiger partial charge < -0.3 is 15.5 Å². The number of aromatic amines is 1. The van der Waals surface area contributed by atoms with E-state index in [9.17, 15) is 4.79 Å². The van der Waals surface area contributed by atoms with Crippen LogP contribution in [0.3, 0.4) is 0 Å². The van der Waals surface area contributed by atoms with Crippen molar-refractivity contribution in [2.24, 2.45) is 17.6 Å². The Labute approximate surface area is 165 Å². The lowest BCUT2D eigenvalue weighted by Gasteiger charge is -2.43. The number of nitrogens with one attached hydrogen (secondary N) is 1. The molecule has 4 rings (SSSR count). The van der Waals surface area contributed by atoms with Crippen LogP contribution in [0.1, 0.15) is 58.3 Å². The standard InChI is InChI=1S/C22H29ClN2O2/c1-22(24,15-4-2-3-5-15)16-6-8-17(9-7-16)27-20-12-14-10-11-25-21(26)18(14)13-19(20)23/h10-13,15-17H,2-9,24H2,1H3,(H,25,26). The van der Waals surface area contributed by atoms with Gasteiger partial charge >= 0.3 is 0 Å². The molecule has 4 nitrogen and oxygen atoms in total. The smallest absolute Gasteiger partial charge is 0.255 e. The van der Waals surface area contributed by atoms with Crippen molar-refractivity contribution in [1.82, 2.24) is 4.98 Å². The maximum atomic E-state index is 11.9. The molecule has 146 valence electrons. The van der Waals surface area contributed by atoms with Crippen LogP contribution in [0.4, 0.5) is 0 Å². The summed E-state index contributed by atoms with van der Waals surface area (Å²) in [7, 11) is 0. The summed E-state index contributed by atoms with van der Waals surface area (Å²) in [5, 5.41) is 1.94. The molecule has 1 heterocycles. The first-order valence-electron chi connectivity index (χ1n) is 10.2. The Morgan fingerprint density at radius 2 is 1.78 bits per heavy atom. The van der Waals surface area contributed by atoms with Crippen LogP contribution < -0.4 is 16.0 Å². The van der Waals surface area contributed by atoms with Crippen LogP contribution >= 0.6 is 11.6 Å². The minimum Gasteiger partial charge on any atom is -0.489 e. The molecule has 2 fully saturated rings. The Bertz CT molecular complexity index is 862. The van der Waals surface area contributed by atoms with E-state index in [-0.39, 0.29) is 17.2 Å². The lowest BCUT2D eigenvalue weighted by molar-refractivity contribution is 0.0834. The van der Waals surface area contributed by atoms with E-state index in [4.69, 9.17) is 22.1 Å². The summed E-state index contributed by atoms with van der Waals surface area (Å²) in [5.74, 6) is 1.92. The zero-order valence-electron chi connectivity index (χ0n) is 16.0. The van der Waals surface area contributed by atoms with Crippen molar-refractivity contribution in [2.45, 2.75) is 69.9 Å². The van der Waals surface area contributed by atoms with E-state index in [1.165, 1.54) is 25.7 Å². The first-order valence-corrected chi connectivity index (χ1v) is 10.6. The molecule has 0 spiro atoms. The number of ether oxygens (including phenoxy) is 1. The van der Waals surface area contributed by atoms with Crippen molar-refractivity contribution in [3.63, 3.8) is 0 Å². The van der Waals surface area contributed by atoms with E-state index in [1.54, 1.807) is 12.3 Å². The molecule has 1 aromatic carbocycles. The molecule has 0 saturated heterocycles. The van der Waals surface area contributed by atoms with E-state index in [0.29, 0.717) is 28.0 Å². The molecule has 1 aromatic heterocycles. The maximum Gasteiger partial charge on any atom is 0.255 e. The summed E-state index contributed by atoms with van der Waals surface area (Å²) in [6, 6.07) is 5.45. The van der Waals surface area contributed by atoms with E-state index in [1.807, 2.05) is 12.1 Å². The Morgan fingerprint density at radius 3 is 2.48 bits per heavy atom. The lowest BCUT2D eigenvalue weighted by Crippen LogP contribution is -2.51. The summed E-state index contributed by atoms with van der Waals surface area (Å²) in [5.41, 5.74) is 6.62. The molecule has 1 atom stereocenters. The highest BCUT2D eigenvalue weighted by Gasteiger charge is 2.40. The molecule has 0 amide bonds. The van der Waals surface area contributed by atoms with Gasteiger partial charge in [-0.3, -0.25) is 4.79 Å². The molecule has 0 radical (unpaired) electrons. The Morgan fingerprint density at radius 1 is 1.11 bits per heavy atom. The average molecular weight is 389 g/mol. The predicted octanol–water partition coefficient (Wildman–Crippen LogP) is 5.03. The number of benzene rings is 1. The largest absolute Gasteiger partial charge is 0.489 e. The number of fused-ring (bicyclic) bond motifs is 1. The normalized spacial score (nSPS) is 26.2. The highest BCUT2D eigenvalue weighted by Crippen LogP contribution is 2.43. The second kappa shape index (κ2) is 7.48. The number of nitrogens with two attached hydrogens (primary N) is 1. The summed E-state index contributed by atoms with van der Waals surface area (Å²) in [6.07, 6.45) is 11.3. The van der Waals surface area contributed by atoms with Crippen molar-refractivity contribution >= 4 is 22.4 Å². The molecule has 0 bridgehead atoms. The van der Waals surface area contributed by atoms with Crippen LogP contribution in [0.15, 0.2) is 29.2 Å². The van der Waals surface area contributed by atoms with Gasteiger partial charge in [-0.05, 0) is 80.9 Å². The van der Waals surface area contributed by atoms with Gasteiger partial charge in [0.1, 0.15) is 5.75 Å². The Hall–Kier alpha value is -1.52. The molecular formula is C22H29ClN2O2. The molecular weight excluding hydrogens is 360 g/mol. The van der Waals surface area contributed by atoms with Crippen LogP contribution in [0.25, 0.3) is 10.8 Å². The SMILES string of the molecule is CC(N)(C1CCCC1)C1CCC(Oc2cc3cc[nH]c(=O)c3cc2Cl)CC1. The molecule has 0 aliphatic heterocycles. The third kappa shape index (κ3) is 3.74. The van der Waals surface area contributed by atoms with E-state index in [0.717, 1.165) is 31.1 Å². The second-order valence-corrected chi connectivity index (χ2v) is 9.02. The minimum atomic E-state index is -0.129. The molecule has 27 heavy (non-hydrogen) atoms. The number of aromatic nitrogens is 1. The second-order valence-electron chi connectivity index (χ2n) is 8.62. The van der Waals surface area contributed by atoms with E-state index < -0.39 is 0 Å². The topological polar surface area (TPSA) is 68.1 Å². The van der Waals surface area contributed by atoms with Gasteiger partial charge in [0, 0.05) is 17.1 Å². The number of hydrogen-bond donors (Lipinski definition) is 2. The summed E-state index contributed by atoms with van der Waals surface area (Å²) in [6.45, 7) is 2.27. The van der Waals surface area contributed by atoms with Crippen LogP contribution in [-0.2, 0) is 0 Å². The van der Waals surface area contributed by atoms with E-state index in [2.05, 4.69) is 11.9 Å². The quantitative estimate of drug-likeness (QED) is 0.772. The van der Waals surface area contributed by atoms with Crippen molar-refractivity contribution < 1.29 is 4.74 Å². The van der Waals surface area contributed by atoms with Crippen LogP contribution in [0.2, 0.25) is 5.02 Å². The number of hydrogen-bond acceptors (Lipinski definition) is 3. The molecule has 3 N–H and O–H groups in total. The van der Waals surface area contributed by atoms with Crippen molar-refractivity contribution in [3.8, 4) is 5.75 Å². The predicted molar refractivity (Wildman–Crippen MR) is 111 cm³/mol. The fourth-order valence-corrected chi connectivity index (χ4v) is 5.35. The molecule has 2 aliphatic carbocycles. The highest BCUT2D eigenvalue weighted by molar-refractivity contribution is 6.32. The average Bonchev–Trinajstić information content (AvgIpc) is 3.19. The first-order chi connectivity index (χ1) is 12.9. The van der Waals surface area contributed by atoms with Gasteiger partial charge in [-0.15, -0.1) is 0 Å². The fraction of sp³-hybridized carbons (Fsp3) is 0.591. The minimum absolute atomic E-state index is 0.0525. The van der Waals surface area contributed by atoms with Gasteiger partial charge in [-0.2, -0.15) is 0 Å². The summed E-state index contributed by atoms with van der Waals surface area (Å²) < 4.78 is 6.24. The third-order valence-electron chi connectivity index (χ3n) is 6.91. The molecule has 2 saturated carbocycles. The maximum absolute atomic E-state index is 11.9. The molecule has 1 unspecified atom stereocenters. The Kier molecular flexibility index (Phi) is 5.21. The fourth-order valence-electron chi connectivity index (χ4n) is 5.14. The lowest BCUT2D eigenvalue weighted by atomic mass is 9.69. The van der Waals surface area contributed by atoms with Crippen molar-refractivity contribution in [2.75, 3.05) is 0 Å². The zero-order valence-corrected chi connectivity index (χ0v) is 16.7. The number of H-pyrrole nitrogens is 1. The van der Waals surface area contributed by atoms with Gasteiger partial charge in [0.05, 0.1) is 11.1 Å². The third-order valence-corrected chi connectivity index (χ3v) is 7.20. The van der Waals surface area contributed by atoms with Gasteiger partial charge in [0.25, 0.3) is 5.56 Å². The molecule has 5 heteroatoms. The zero-order chi connectivity index (χ0) is 19.0. The van der Waals surface area contributed by atoms with Crippen molar-refractivity contribution in [1.29, 1.82) is 0 Å². The Balaban J connectivity index is 1.43. The highest BCUT2D eigenvalue weighted by atomic mass is 35.5. The summed E-state index contributed by atoms with van der Waals surface area (Å²) in [4.78, 5) is 14.6. The monoisotopic (exact) mass is 388 g/mol. The first kappa shape index (κ1) is 18.8. The number of halogens is 1. The van der Waals surface area contributed by atoms with Crippen molar-refractivity contribution in [3.05, 3.63) is 39.8 Å². The van der Waals surface area contributed by atoms with Crippen LogP contribution in [0, 0.1) is 11.8 Å². The molecule has 2 aromatic rings. The van der Waals surface area contributed by atoms with E-state index >= 15 is 0 Å². The van der Waals surface area contributed by atoms with Crippen LogP contribution in [-0.4, -0.2) is 16.6 Å². The van der Waals surface area contributed by atoms with Gasteiger partial charge in [0.15, 0.2) is 0 Å². The van der Waals surface area contributed by atoms with Gasteiger partial charge in [-0.1, -0.05) is 24.4 Å².